The van der Waals surface area contributed by atoms with Crippen molar-refractivity contribution in [3.05, 3.63) is 60.2 Å². The highest BCUT2D eigenvalue weighted by molar-refractivity contribution is 7.92. The Morgan fingerprint density at radius 1 is 1.15 bits per heavy atom. The minimum Gasteiger partial charge on any atom is -0.476 e. The van der Waals surface area contributed by atoms with E-state index < -0.39 is 16.1 Å². The van der Waals surface area contributed by atoms with Crippen LogP contribution in [0.15, 0.2) is 54.6 Å². The summed E-state index contributed by atoms with van der Waals surface area (Å²) in [4.78, 5) is 12.9. The summed E-state index contributed by atoms with van der Waals surface area (Å²) in [6, 6.07) is 16.4. The number of nitrogens with zero attached hydrogens (tertiary/aromatic N) is 1. The molecule has 0 saturated carbocycles. The van der Waals surface area contributed by atoms with E-state index in [1.54, 1.807) is 31.2 Å². The van der Waals surface area contributed by atoms with E-state index in [0.717, 1.165) is 12.0 Å². The number of hydrogen-bond donors (Lipinski definition) is 1. The normalized spacial score (nSPS) is 17.6. The van der Waals surface area contributed by atoms with E-state index in [9.17, 15) is 13.2 Å². The van der Waals surface area contributed by atoms with Gasteiger partial charge in [0.2, 0.25) is 10.0 Å². The van der Waals surface area contributed by atoms with Crippen LogP contribution >= 0.6 is 0 Å². The maximum atomic E-state index is 12.9. The second kappa shape index (κ2) is 8.00. The fraction of sp³-hybridized carbons (Fsp3) is 0.350. The van der Waals surface area contributed by atoms with Crippen molar-refractivity contribution in [1.29, 1.82) is 0 Å². The van der Waals surface area contributed by atoms with E-state index >= 15 is 0 Å². The zero-order valence-electron chi connectivity index (χ0n) is 15.5. The molecule has 7 heteroatoms. The Labute approximate surface area is 160 Å². The van der Waals surface area contributed by atoms with Crippen LogP contribution in [-0.4, -0.2) is 32.7 Å². The molecule has 0 aromatic heterocycles. The fourth-order valence-electron chi connectivity index (χ4n) is 3.13. The van der Waals surface area contributed by atoms with Gasteiger partial charge in [-0.1, -0.05) is 49.4 Å². The first kappa shape index (κ1) is 19.2. The number of carbonyl (C=O) groups excluding carboxylic acids is 1. The molecule has 3 rings (SSSR count). The van der Waals surface area contributed by atoms with Gasteiger partial charge in [-0.05, 0) is 31.0 Å². The molecule has 0 bridgehead atoms. The molecule has 1 aliphatic rings. The van der Waals surface area contributed by atoms with Crippen LogP contribution in [0.3, 0.4) is 0 Å². The van der Waals surface area contributed by atoms with Crippen molar-refractivity contribution in [3.8, 4) is 5.75 Å². The molecule has 0 spiro atoms. The number of para-hydroxylation sites is 2. The van der Waals surface area contributed by atoms with Crippen molar-refractivity contribution in [2.24, 2.45) is 0 Å². The van der Waals surface area contributed by atoms with Crippen LogP contribution in [0.1, 0.15) is 31.9 Å². The van der Waals surface area contributed by atoms with Gasteiger partial charge in [0.15, 0.2) is 6.10 Å². The Kier molecular flexibility index (Phi) is 5.70. The average molecular weight is 388 g/mol. The first-order valence-electron chi connectivity index (χ1n) is 9.07. The van der Waals surface area contributed by atoms with Crippen LogP contribution in [-0.2, 0) is 14.8 Å². The second-order valence-electron chi connectivity index (χ2n) is 6.39. The second-order valence-corrected chi connectivity index (χ2v) is 8.57. The molecule has 0 saturated heterocycles. The molecule has 2 unspecified atom stereocenters. The number of ether oxygens (including phenoxy) is 1. The first-order chi connectivity index (χ1) is 13.0. The van der Waals surface area contributed by atoms with Crippen molar-refractivity contribution in [2.75, 3.05) is 16.6 Å². The number of carbonyl (C=O) groups is 1. The van der Waals surface area contributed by atoms with Gasteiger partial charge < -0.3 is 10.1 Å². The van der Waals surface area contributed by atoms with Crippen LogP contribution in [0, 0.1) is 0 Å². The Hall–Kier alpha value is -2.54. The van der Waals surface area contributed by atoms with Gasteiger partial charge >= 0.3 is 0 Å². The molecule has 1 amide bonds. The Bertz CT molecular complexity index is 899. The van der Waals surface area contributed by atoms with Crippen molar-refractivity contribution in [3.63, 3.8) is 0 Å². The van der Waals surface area contributed by atoms with Gasteiger partial charge in [0.05, 0.1) is 24.0 Å². The lowest BCUT2D eigenvalue weighted by Crippen LogP contribution is -2.51. The van der Waals surface area contributed by atoms with E-state index in [1.165, 1.54) is 4.31 Å². The van der Waals surface area contributed by atoms with Crippen LogP contribution < -0.4 is 14.4 Å². The standard InChI is InChI=1S/C20H24N2O4S/c1-3-16(15-10-6-5-7-11-15)21-20(23)19-14-22(27(24,25)4-2)17-12-8-9-13-18(17)26-19/h5-13,16,19H,3-4,14H2,1-2H3,(H,21,23). The number of sulfonamides is 1. The third-order valence-electron chi connectivity index (χ3n) is 4.65. The molecule has 0 radical (unpaired) electrons. The summed E-state index contributed by atoms with van der Waals surface area (Å²) in [5.74, 6) is 0.0299. The van der Waals surface area contributed by atoms with Crippen molar-refractivity contribution < 1.29 is 17.9 Å². The highest BCUT2D eigenvalue weighted by Gasteiger charge is 2.36. The Morgan fingerprint density at radius 3 is 2.48 bits per heavy atom. The van der Waals surface area contributed by atoms with E-state index in [2.05, 4.69) is 5.32 Å². The molecule has 27 heavy (non-hydrogen) atoms. The number of benzene rings is 2. The molecule has 144 valence electrons. The minimum absolute atomic E-state index is 0.0375. The monoisotopic (exact) mass is 388 g/mol. The highest BCUT2D eigenvalue weighted by Crippen LogP contribution is 2.35. The largest absolute Gasteiger partial charge is 0.476 e. The average Bonchev–Trinajstić information content (AvgIpc) is 2.71. The maximum Gasteiger partial charge on any atom is 0.263 e. The summed E-state index contributed by atoms with van der Waals surface area (Å²) in [7, 11) is -3.51. The predicted octanol–water partition coefficient (Wildman–Crippen LogP) is 2.87. The summed E-state index contributed by atoms with van der Waals surface area (Å²) in [5, 5.41) is 2.99. The van der Waals surface area contributed by atoms with Gasteiger partial charge in [0.1, 0.15) is 5.75 Å². The van der Waals surface area contributed by atoms with Gasteiger partial charge in [-0.2, -0.15) is 0 Å². The number of fused-ring (bicyclic) bond motifs is 1. The molecule has 2 aromatic rings. The molecule has 0 fully saturated rings. The number of hydrogen-bond acceptors (Lipinski definition) is 4. The first-order valence-corrected chi connectivity index (χ1v) is 10.7. The van der Waals surface area contributed by atoms with Crippen LogP contribution in [0.25, 0.3) is 0 Å². The zero-order chi connectivity index (χ0) is 19.4. The van der Waals surface area contributed by atoms with Crippen LogP contribution in [0.2, 0.25) is 0 Å². The van der Waals surface area contributed by atoms with E-state index in [4.69, 9.17) is 4.74 Å². The molecule has 2 aromatic carbocycles. The summed E-state index contributed by atoms with van der Waals surface area (Å²) < 4.78 is 32.2. The molecular weight excluding hydrogens is 364 g/mol. The molecule has 6 nitrogen and oxygen atoms in total. The van der Waals surface area contributed by atoms with Gasteiger partial charge in [-0.15, -0.1) is 0 Å². The van der Waals surface area contributed by atoms with Gasteiger partial charge in [0.25, 0.3) is 5.91 Å². The third-order valence-corrected chi connectivity index (χ3v) is 6.40. The lowest BCUT2D eigenvalue weighted by atomic mass is 10.0. The van der Waals surface area contributed by atoms with Crippen molar-refractivity contribution in [2.45, 2.75) is 32.4 Å². The quantitative estimate of drug-likeness (QED) is 0.826. The maximum absolute atomic E-state index is 12.9. The third kappa shape index (κ3) is 4.08. The van der Waals surface area contributed by atoms with Gasteiger partial charge in [-0.3, -0.25) is 9.10 Å². The lowest BCUT2D eigenvalue weighted by Gasteiger charge is -2.35. The molecule has 1 heterocycles. The zero-order valence-corrected chi connectivity index (χ0v) is 16.3. The summed E-state index contributed by atoms with van der Waals surface area (Å²) in [5.41, 5.74) is 1.47. The highest BCUT2D eigenvalue weighted by atomic mass is 32.2. The van der Waals surface area contributed by atoms with Crippen molar-refractivity contribution >= 4 is 21.6 Å². The molecule has 2 atom stereocenters. The SMILES string of the molecule is CCC(NC(=O)C1CN(S(=O)(=O)CC)c2ccccc2O1)c1ccccc1. The number of rotatable bonds is 6. The summed E-state index contributed by atoms with van der Waals surface area (Å²) >= 11 is 0. The molecule has 0 aliphatic carbocycles. The van der Waals surface area contributed by atoms with Crippen molar-refractivity contribution in [1.82, 2.24) is 5.32 Å². The minimum atomic E-state index is -3.51. The molecule has 1 aliphatic heterocycles. The van der Waals surface area contributed by atoms with Gasteiger partial charge in [-0.25, -0.2) is 8.42 Å². The molecule has 1 N–H and O–H groups in total. The summed E-state index contributed by atoms with van der Waals surface area (Å²) in [6.45, 7) is 3.54. The number of amides is 1. The Morgan fingerprint density at radius 2 is 1.81 bits per heavy atom. The van der Waals surface area contributed by atoms with E-state index in [1.807, 2.05) is 37.3 Å². The van der Waals surface area contributed by atoms with E-state index in [0.29, 0.717) is 11.4 Å². The Balaban J connectivity index is 1.84. The molecular formula is C20H24N2O4S. The van der Waals surface area contributed by atoms with E-state index in [-0.39, 0.29) is 24.2 Å². The van der Waals surface area contributed by atoms with Crippen LogP contribution in [0.5, 0.6) is 5.75 Å². The fourth-order valence-corrected chi connectivity index (χ4v) is 4.25. The smallest absolute Gasteiger partial charge is 0.263 e. The topological polar surface area (TPSA) is 75.7 Å². The predicted molar refractivity (Wildman–Crippen MR) is 105 cm³/mol. The lowest BCUT2D eigenvalue weighted by molar-refractivity contribution is -0.128. The summed E-state index contributed by atoms with van der Waals surface area (Å²) in [6.07, 6.45) is -0.185. The van der Waals surface area contributed by atoms with Gasteiger partial charge in [0, 0.05) is 0 Å². The number of nitrogens with one attached hydrogen (secondary N) is 1. The van der Waals surface area contributed by atoms with Crippen LogP contribution in [0.4, 0.5) is 5.69 Å². The number of anilines is 1.